The monoisotopic (exact) mass is 307 g/mol. The zero-order valence-electron chi connectivity index (χ0n) is 12.4. The van der Waals surface area contributed by atoms with Gasteiger partial charge in [-0.25, -0.2) is 0 Å². The first kappa shape index (κ1) is 14.4. The number of carbonyl (C=O) groups is 1. The van der Waals surface area contributed by atoms with Crippen LogP contribution in [0.25, 0.3) is 11.0 Å². The highest BCUT2D eigenvalue weighted by Crippen LogP contribution is 2.29. The fourth-order valence-electron chi connectivity index (χ4n) is 2.88. The summed E-state index contributed by atoms with van der Waals surface area (Å²) in [6.07, 6.45) is 0.0775. The third-order valence-electron chi connectivity index (χ3n) is 3.80. The number of fused-ring (bicyclic) bond motifs is 1. The lowest BCUT2D eigenvalue weighted by Gasteiger charge is -2.34. The van der Waals surface area contributed by atoms with Crippen molar-refractivity contribution in [2.24, 2.45) is 0 Å². The van der Waals surface area contributed by atoms with Crippen molar-refractivity contribution in [1.29, 1.82) is 0 Å². The number of morpholine rings is 1. The van der Waals surface area contributed by atoms with Crippen molar-refractivity contribution in [3.63, 3.8) is 0 Å². The molecule has 2 heterocycles. The summed E-state index contributed by atoms with van der Waals surface area (Å²) in [5, 5.41) is 1.53. The second-order valence-corrected chi connectivity index (χ2v) is 6.10. The van der Waals surface area contributed by atoms with Crippen LogP contribution in [-0.4, -0.2) is 36.1 Å². The van der Waals surface area contributed by atoms with Crippen LogP contribution in [0.5, 0.6) is 0 Å². The molecule has 1 aromatic heterocycles. The van der Waals surface area contributed by atoms with Crippen LogP contribution >= 0.6 is 11.6 Å². The highest BCUT2D eigenvalue weighted by Gasteiger charge is 2.29. The van der Waals surface area contributed by atoms with Gasteiger partial charge >= 0.3 is 0 Å². The molecule has 21 heavy (non-hydrogen) atoms. The first-order valence-corrected chi connectivity index (χ1v) is 7.47. The van der Waals surface area contributed by atoms with Gasteiger partial charge in [0.1, 0.15) is 5.58 Å². The summed E-state index contributed by atoms with van der Waals surface area (Å²) >= 11 is 6.01. The number of rotatable bonds is 1. The van der Waals surface area contributed by atoms with Gasteiger partial charge in [0, 0.05) is 29.1 Å². The lowest BCUT2D eigenvalue weighted by Crippen LogP contribution is -2.48. The summed E-state index contributed by atoms with van der Waals surface area (Å²) < 4.78 is 11.4. The Labute approximate surface area is 128 Å². The molecule has 4 nitrogen and oxygen atoms in total. The second kappa shape index (κ2) is 5.35. The molecular weight excluding hydrogens is 290 g/mol. The van der Waals surface area contributed by atoms with Crippen LogP contribution in [0.3, 0.4) is 0 Å². The Morgan fingerprint density at radius 3 is 2.62 bits per heavy atom. The highest BCUT2D eigenvalue weighted by atomic mass is 35.5. The summed E-state index contributed by atoms with van der Waals surface area (Å²) in [6.45, 7) is 7.01. The molecule has 1 fully saturated rings. The Bertz CT molecular complexity index is 684. The van der Waals surface area contributed by atoms with E-state index < -0.39 is 0 Å². The van der Waals surface area contributed by atoms with Gasteiger partial charge < -0.3 is 14.1 Å². The average molecular weight is 308 g/mol. The lowest BCUT2D eigenvalue weighted by molar-refractivity contribution is -0.0592. The number of furan rings is 1. The molecule has 2 aromatic rings. The van der Waals surface area contributed by atoms with E-state index in [0.717, 1.165) is 10.9 Å². The fraction of sp³-hybridized carbons (Fsp3) is 0.438. The largest absolute Gasteiger partial charge is 0.451 e. The maximum Gasteiger partial charge on any atom is 0.290 e. The molecule has 2 atom stereocenters. The van der Waals surface area contributed by atoms with Crippen molar-refractivity contribution in [3.05, 3.63) is 34.5 Å². The Morgan fingerprint density at radius 2 is 1.95 bits per heavy atom. The first-order chi connectivity index (χ1) is 9.95. The third kappa shape index (κ3) is 2.65. The van der Waals surface area contributed by atoms with Gasteiger partial charge in [-0.2, -0.15) is 0 Å². The summed E-state index contributed by atoms with van der Waals surface area (Å²) in [5.74, 6) is 0.315. The van der Waals surface area contributed by atoms with Gasteiger partial charge in [-0.3, -0.25) is 4.79 Å². The van der Waals surface area contributed by atoms with Crippen LogP contribution in [0.1, 0.15) is 30.0 Å². The minimum Gasteiger partial charge on any atom is -0.451 e. The van der Waals surface area contributed by atoms with E-state index in [9.17, 15) is 4.79 Å². The first-order valence-electron chi connectivity index (χ1n) is 7.09. The molecule has 0 aliphatic carbocycles. The summed E-state index contributed by atoms with van der Waals surface area (Å²) in [7, 11) is 0. The molecule has 1 amide bonds. The van der Waals surface area contributed by atoms with E-state index in [1.807, 2.05) is 26.8 Å². The van der Waals surface area contributed by atoms with Crippen molar-refractivity contribution < 1.29 is 13.9 Å². The maximum absolute atomic E-state index is 12.7. The van der Waals surface area contributed by atoms with Gasteiger partial charge in [0.25, 0.3) is 5.91 Å². The number of carbonyl (C=O) groups excluding carboxylic acids is 1. The zero-order chi connectivity index (χ0) is 15.1. The van der Waals surface area contributed by atoms with Gasteiger partial charge in [-0.1, -0.05) is 11.6 Å². The van der Waals surface area contributed by atoms with Crippen LogP contribution in [0.2, 0.25) is 5.02 Å². The SMILES string of the molecule is Cc1c(C(=O)N2CC(C)OC(C)C2)oc2ccc(Cl)cc12. The minimum absolute atomic E-state index is 0.0387. The molecule has 0 spiro atoms. The van der Waals surface area contributed by atoms with Crippen LogP contribution in [0, 0.1) is 6.92 Å². The molecule has 1 aliphatic rings. The van der Waals surface area contributed by atoms with Gasteiger partial charge in [0.15, 0.2) is 5.76 Å². The van der Waals surface area contributed by atoms with E-state index in [4.69, 9.17) is 20.8 Å². The molecule has 0 saturated carbocycles. The van der Waals surface area contributed by atoms with Crippen molar-refractivity contribution in [3.8, 4) is 0 Å². The number of hydrogen-bond acceptors (Lipinski definition) is 3. The van der Waals surface area contributed by atoms with Crippen molar-refractivity contribution in [1.82, 2.24) is 4.90 Å². The number of ether oxygens (including phenoxy) is 1. The number of hydrogen-bond donors (Lipinski definition) is 0. The molecule has 0 N–H and O–H groups in total. The normalized spacial score (nSPS) is 22.8. The summed E-state index contributed by atoms with van der Waals surface area (Å²) in [4.78, 5) is 14.5. The summed E-state index contributed by atoms with van der Waals surface area (Å²) in [5.41, 5.74) is 1.53. The molecule has 2 unspecified atom stereocenters. The maximum atomic E-state index is 12.7. The molecular formula is C16H18ClNO3. The van der Waals surface area contributed by atoms with Crippen LogP contribution < -0.4 is 0 Å². The molecule has 5 heteroatoms. The molecule has 112 valence electrons. The van der Waals surface area contributed by atoms with Crippen molar-refractivity contribution >= 4 is 28.5 Å². The molecule has 1 aromatic carbocycles. The van der Waals surface area contributed by atoms with Gasteiger partial charge in [0.05, 0.1) is 12.2 Å². The smallest absolute Gasteiger partial charge is 0.290 e. The van der Waals surface area contributed by atoms with Crippen molar-refractivity contribution in [2.75, 3.05) is 13.1 Å². The molecule has 1 saturated heterocycles. The number of aryl methyl sites for hydroxylation is 1. The van der Waals surface area contributed by atoms with Crippen molar-refractivity contribution in [2.45, 2.75) is 33.0 Å². The molecule has 0 radical (unpaired) electrons. The average Bonchev–Trinajstić information content (AvgIpc) is 2.74. The fourth-order valence-corrected chi connectivity index (χ4v) is 3.06. The zero-order valence-corrected chi connectivity index (χ0v) is 13.1. The molecule has 0 bridgehead atoms. The third-order valence-corrected chi connectivity index (χ3v) is 4.03. The van der Waals surface area contributed by atoms with E-state index in [-0.39, 0.29) is 18.1 Å². The Hall–Kier alpha value is -1.52. The second-order valence-electron chi connectivity index (χ2n) is 5.66. The lowest BCUT2D eigenvalue weighted by atomic mass is 10.1. The van der Waals surface area contributed by atoms with E-state index in [2.05, 4.69) is 0 Å². The van der Waals surface area contributed by atoms with Gasteiger partial charge in [-0.15, -0.1) is 0 Å². The standard InChI is InChI=1S/C16H18ClNO3/c1-9-7-18(8-10(2)20-9)16(19)15-11(3)13-6-12(17)4-5-14(13)21-15/h4-6,9-10H,7-8H2,1-3H3. The predicted octanol–water partition coefficient (Wildman–Crippen LogP) is 3.64. The number of benzene rings is 1. The van der Waals surface area contributed by atoms with E-state index in [1.54, 1.807) is 17.0 Å². The van der Waals surface area contributed by atoms with Crippen LogP contribution in [0.4, 0.5) is 0 Å². The Morgan fingerprint density at radius 1 is 1.29 bits per heavy atom. The number of nitrogens with zero attached hydrogens (tertiary/aromatic N) is 1. The van der Waals surface area contributed by atoms with Gasteiger partial charge in [-0.05, 0) is 39.0 Å². The molecule has 1 aliphatic heterocycles. The predicted molar refractivity (Wildman–Crippen MR) is 81.9 cm³/mol. The van der Waals surface area contributed by atoms with Crippen LogP contribution in [0.15, 0.2) is 22.6 Å². The van der Waals surface area contributed by atoms with Gasteiger partial charge in [0.2, 0.25) is 0 Å². The summed E-state index contributed by atoms with van der Waals surface area (Å²) in [6, 6.07) is 5.39. The van der Waals surface area contributed by atoms with E-state index in [1.165, 1.54) is 0 Å². The van der Waals surface area contributed by atoms with Crippen LogP contribution in [-0.2, 0) is 4.74 Å². The number of halogens is 1. The Balaban J connectivity index is 1.96. The minimum atomic E-state index is -0.0816. The topological polar surface area (TPSA) is 42.7 Å². The number of amides is 1. The Kier molecular flexibility index (Phi) is 3.68. The molecule has 3 rings (SSSR count). The quantitative estimate of drug-likeness (QED) is 0.807. The van der Waals surface area contributed by atoms with E-state index >= 15 is 0 Å². The highest BCUT2D eigenvalue weighted by molar-refractivity contribution is 6.31. The van der Waals surface area contributed by atoms with E-state index in [0.29, 0.717) is 29.5 Å².